The largest absolute Gasteiger partial charge is 0.494 e. The number of methoxy groups -OCH3 is 1. The van der Waals surface area contributed by atoms with Gasteiger partial charge in [0, 0.05) is 24.3 Å². The van der Waals surface area contributed by atoms with Gasteiger partial charge >= 0.3 is 5.97 Å². The van der Waals surface area contributed by atoms with Crippen molar-refractivity contribution in [1.29, 1.82) is 0 Å². The van der Waals surface area contributed by atoms with Crippen molar-refractivity contribution in [3.63, 3.8) is 0 Å². The topological polar surface area (TPSA) is 54.3 Å². The maximum absolute atomic E-state index is 10.7. The number of carboxylic acids is 1. The summed E-state index contributed by atoms with van der Waals surface area (Å²) in [6.45, 7) is 2.13. The highest BCUT2D eigenvalue weighted by atomic mass is 35.5. The molecule has 0 spiro atoms. The van der Waals surface area contributed by atoms with Crippen LogP contribution in [-0.4, -0.2) is 18.2 Å². The van der Waals surface area contributed by atoms with Crippen LogP contribution in [0, 0.1) is 0 Å². The number of pyridine rings is 2. The minimum absolute atomic E-state index is 0.0849. The van der Waals surface area contributed by atoms with E-state index in [1.807, 2.05) is 0 Å². The standard InChI is InChI=1S/C12H12N2.C8H6Cl2O3/c1-3-7-13-9-10-14-8-4-2-6-12(14)11(13)5-1;1-13-7-5(10)3-2-4(9)6(7)8(11)12/h1-8H,9-10H2;2-3H,1H3,(H,11,12)/q+2;. The highest BCUT2D eigenvalue weighted by molar-refractivity contribution is 6.36. The third-order valence-corrected chi connectivity index (χ3v) is 4.81. The van der Waals surface area contributed by atoms with E-state index in [0.717, 1.165) is 13.1 Å². The van der Waals surface area contributed by atoms with Gasteiger partial charge in [-0.3, -0.25) is 0 Å². The quantitative estimate of drug-likeness (QED) is 0.663. The van der Waals surface area contributed by atoms with Crippen LogP contribution in [0.4, 0.5) is 0 Å². The Morgan fingerprint density at radius 3 is 1.89 bits per heavy atom. The van der Waals surface area contributed by atoms with E-state index in [0.29, 0.717) is 0 Å². The fourth-order valence-corrected chi connectivity index (χ4v) is 3.42. The zero-order valence-electron chi connectivity index (χ0n) is 14.6. The fraction of sp³-hybridized carbons (Fsp3) is 0.150. The van der Waals surface area contributed by atoms with E-state index in [1.54, 1.807) is 0 Å². The number of ether oxygens (including phenoxy) is 1. The van der Waals surface area contributed by atoms with Crippen molar-refractivity contribution in [2.45, 2.75) is 13.1 Å². The molecule has 4 rings (SSSR count). The summed E-state index contributed by atoms with van der Waals surface area (Å²) in [5.41, 5.74) is 2.50. The number of aromatic carboxylic acids is 1. The summed E-state index contributed by atoms with van der Waals surface area (Å²) in [4.78, 5) is 10.7. The first-order valence-corrected chi connectivity index (χ1v) is 9.01. The summed E-state index contributed by atoms with van der Waals surface area (Å²) in [6, 6.07) is 15.6. The number of halogens is 2. The summed E-state index contributed by atoms with van der Waals surface area (Å²) < 4.78 is 9.42. The summed E-state index contributed by atoms with van der Waals surface area (Å²) in [5.74, 6) is -1.08. The van der Waals surface area contributed by atoms with Gasteiger partial charge in [0.2, 0.25) is 13.1 Å². The van der Waals surface area contributed by atoms with Crippen LogP contribution < -0.4 is 13.9 Å². The van der Waals surface area contributed by atoms with Crippen molar-refractivity contribution in [2.24, 2.45) is 0 Å². The normalized spacial score (nSPS) is 11.5. The van der Waals surface area contributed by atoms with Crippen molar-refractivity contribution >= 4 is 29.2 Å². The Morgan fingerprint density at radius 1 is 0.926 bits per heavy atom. The average Bonchev–Trinajstić information content (AvgIpc) is 2.69. The molecule has 0 radical (unpaired) electrons. The Kier molecular flexibility index (Phi) is 5.94. The molecule has 0 aliphatic carbocycles. The van der Waals surface area contributed by atoms with Crippen LogP contribution in [0.1, 0.15) is 10.4 Å². The maximum atomic E-state index is 10.7. The number of aryl methyl sites for hydroxylation is 2. The molecule has 2 aromatic heterocycles. The second kappa shape index (κ2) is 8.37. The lowest BCUT2D eigenvalue weighted by molar-refractivity contribution is -0.794. The van der Waals surface area contributed by atoms with Crippen LogP contribution in [0.5, 0.6) is 5.75 Å². The predicted octanol–water partition coefficient (Wildman–Crippen LogP) is 3.64. The van der Waals surface area contributed by atoms with Crippen molar-refractivity contribution in [3.8, 4) is 17.1 Å². The van der Waals surface area contributed by atoms with Gasteiger partial charge in [-0.2, -0.15) is 9.13 Å². The molecule has 0 saturated heterocycles. The van der Waals surface area contributed by atoms with Crippen molar-refractivity contribution in [1.82, 2.24) is 0 Å². The molecule has 0 unspecified atom stereocenters. The maximum Gasteiger partial charge on any atom is 0.341 e. The van der Waals surface area contributed by atoms with Crippen LogP contribution in [0.25, 0.3) is 11.4 Å². The monoisotopic (exact) mass is 404 g/mol. The van der Waals surface area contributed by atoms with Gasteiger partial charge < -0.3 is 9.84 Å². The van der Waals surface area contributed by atoms with Crippen molar-refractivity contribution in [2.75, 3.05) is 7.11 Å². The van der Waals surface area contributed by atoms with E-state index >= 15 is 0 Å². The average molecular weight is 405 g/mol. The second-order valence-corrected chi connectivity index (χ2v) is 6.62. The van der Waals surface area contributed by atoms with Gasteiger partial charge in [0.1, 0.15) is 5.56 Å². The molecule has 138 valence electrons. The van der Waals surface area contributed by atoms with E-state index in [2.05, 4.69) is 57.9 Å². The molecule has 1 aliphatic rings. The van der Waals surface area contributed by atoms with E-state index in [1.165, 1.54) is 30.6 Å². The zero-order valence-corrected chi connectivity index (χ0v) is 16.1. The highest BCUT2D eigenvalue weighted by Crippen LogP contribution is 2.33. The molecule has 7 heteroatoms. The van der Waals surface area contributed by atoms with E-state index in [9.17, 15) is 4.79 Å². The summed E-state index contributed by atoms with van der Waals surface area (Å²) in [6.07, 6.45) is 4.29. The number of nitrogens with zero attached hydrogens (tertiary/aromatic N) is 2. The van der Waals surface area contributed by atoms with Gasteiger partial charge in [0.05, 0.1) is 17.2 Å². The number of hydrogen-bond donors (Lipinski definition) is 1. The Bertz CT molecular complexity index is 947. The third-order valence-electron chi connectivity index (χ3n) is 4.20. The number of hydrogen-bond acceptors (Lipinski definition) is 2. The SMILES string of the molecule is COc1c(Cl)ccc(Cl)c1C(=O)O.c1cc[n+]2c(c1)-c1cccc[n+]1CC2. The van der Waals surface area contributed by atoms with E-state index < -0.39 is 5.97 Å². The van der Waals surface area contributed by atoms with Crippen molar-refractivity contribution < 1.29 is 23.8 Å². The molecule has 3 aromatic rings. The number of aromatic nitrogens is 2. The Hall–Kier alpha value is -2.63. The second-order valence-electron chi connectivity index (χ2n) is 5.80. The Labute approximate surface area is 167 Å². The zero-order chi connectivity index (χ0) is 19.4. The molecule has 1 aromatic carbocycles. The van der Waals surface area contributed by atoms with E-state index in [-0.39, 0.29) is 21.4 Å². The Balaban J connectivity index is 0.000000157. The molecular weight excluding hydrogens is 387 g/mol. The first-order chi connectivity index (χ1) is 13.0. The number of carbonyl (C=O) groups is 1. The molecule has 0 amide bonds. The lowest BCUT2D eigenvalue weighted by Gasteiger charge is -2.08. The lowest BCUT2D eigenvalue weighted by Crippen LogP contribution is -2.52. The van der Waals surface area contributed by atoms with Crippen LogP contribution in [0.2, 0.25) is 10.0 Å². The third kappa shape index (κ3) is 4.04. The number of fused-ring (bicyclic) bond motifs is 3. The smallest absolute Gasteiger partial charge is 0.341 e. The molecule has 1 N–H and O–H groups in total. The molecule has 0 saturated carbocycles. The number of benzene rings is 1. The molecule has 0 bridgehead atoms. The molecule has 27 heavy (non-hydrogen) atoms. The van der Waals surface area contributed by atoms with E-state index in [4.69, 9.17) is 33.0 Å². The molecule has 0 atom stereocenters. The van der Waals surface area contributed by atoms with Crippen LogP contribution in [0.15, 0.2) is 60.9 Å². The predicted molar refractivity (Wildman–Crippen MR) is 102 cm³/mol. The Morgan fingerprint density at radius 2 is 1.44 bits per heavy atom. The minimum Gasteiger partial charge on any atom is -0.494 e. The summed E-state index contributed by atoms with van der Waals surface area (Å²) >= 11 is 11.4. The highest BCUT2D eigenvalue weighted by Gasteiger charge is 2.27. The first kappa shape index (κ1) is 19.1. The van der Waals surface area contributed by atoms with Crippen LogP contribution in [0.3, 0.4) is 0 Å². The summed E-state index contributed by atoms with van der Waals surface area (Å²) in [7, 11) is 1.34. The van der Waals surface area contributed by atoms with Crippen LogP contribution in [-0.2, 0) is 13.1 Å². The molecule has 1 aliphatic heterocycles. The lowest BCUT2D eigenvalue weighted by atomic mass is 10.2. The first-order valence-electron chi connectivity index (χ1n) is 8.25. The van der Waals surface area contributed by atoms with Gasteiger partial charge in [0.15, 0.2) is 18.1 Å². The summed E-state index contributed by atoms with van der Waals surface area (Å²) in [5, 5.41) is 9.11. The van der Waals surface area contributed by atoms with Gasteiger partial charge in [-0.15, -0.1) is 0 Å². The molecule has 3 heterocycles. The van der Waals surface area contributed by atoms with Gasteiger partial charge in [0.25, 0.3) is 11.4 Å². The molecule has 0 fully saturated rings. The molecule has 5 nitrogen and oxygen atoms in total. The van der Waals surface area contributed by atoms with Gasteiger partial charge in [-0.25, -0.2) is 4.79 Å². The minimum atomic E-state index is -1.16. The molecular formula is C20H18Cl2N2O3+2. The van der Waals surface area contributed by atoms with Gasteiger partial charge in [-0.1, -0.05) is 23.2 Å². The van der Waals surface area contributed by atoms with Gasteiger partial charge in [-0.05, 0) is 24.3 Å². The fourth-order valence-electron chi connectivity index (χ4n) is 2.96. The number of rotatable bonds is 2. The van der Waals surface area contributed by atoms with Crippen LogP contribution >= 0.6 is 23.2 Å². The number of carboxylic acid groups (broad SMARTS) is 1. The van der Waals surface area contributed by atoms with Crippen molar-refractivity contribution in [3.05, 3.63) is 76.5 Å².